The average Bonchev–Trinajstić information content (AvgIpc) is 2.84. The zero-order valence-corrected chi connectivity index (χ0v) is 16.6. The first-order valence-corrected chi connectivity index (χ1v) is 9.13. The Morgan fingerprint density at radius 3 is 2.67 bits per heavy atom. The molecule has 3 rings (SSSR count). The zero-order chi connectivity index (χ0) is 17.5. The molecule has 1 aliphatic rings. The average molecular weight is 439 g/mol. The molecule has 24 heavy (non-hydrogen) atoms. The summed E-state index contributed by atoms with van der Waals surface area (Å²) in [6, 6.07) is 6.31. The van der Waals surface area contributed by atoms with Crippen LogP contribution in [0.4, 0.5) is 4.79 Å². The molecule has 2 aromatic rings. The number of benzene rings is 1. The Morgan fingerprint density at radius 2 is 2.04 bits per heavy atom. The van der Waals surface area contributed by atoms with Crippen molar-refractivity contribution in [1.29, 1.82) is 0 Å². The summed E-state index contributed by atoms with van der Waals surface area (Å²) in [5, 5.41) is 4.53. The first kappa shape index (κ1) is 17.3. The fraction of sp³-hybridized carbons (Fsp3) is 0.444. The summed E-state index contributed by atoms with van der Waals surface area (Å²) >= 11 is 2.25. The number of rotatable bonds is 1. The number of nitrogens with zero attached hydrogens (tertiary/aromatic N) is 3. The van der Waals surface area contributed by atoms with E-state index in [4.69, 9.17) is 4.74 Å². The van der Waals surface area contributed by atoms with Crippen molar-refractivity contribution < 1.29 is 9.53 Å². The van der Waals surface area contributed by atoms with Crippen molar-refractivity contribution in [2.45, 2.75) is 46.3 Å². The number of amides is 1. The number of carbonyl (C=O) groups is 1. The number of halogens is 1. The van der Waals surface area contributed by atoms with Crippen molar-refractivity contribution >= 4 is 28.7 Å². The number of aryl methyl sites for hydroxylation is 1. The molecule has 0 fully saturated rings. The predicted octanol–water partition coefficient (Wildman–Crippen LogP) is 4.08. The van der Waals surface area contributed by atoms with Gasteiger partial charge in [-0.1, -0.05) is 6.07 Å². The standard InChI is InChI=1S/C18H22IN3O2/c1-12-10-22(20-16(12)19)15-6-5-14-11-21(8-7-13(14)9-15)17(23)24-18(2,3)4/h5-6,9-10H,7-8,11H2,1-4H3. The quantitative estimate of drug-likeness (QED) is 0.630. The molecule has 1 aromatic heterocycles. The fourth-order valence-corrected chi connectivity index (χ4v) is 3.11. The largest absolute Gasteiger partial charge is 0.444 e. The summed E-state index contributed by atoms with van der Waals surface area (Å²) in [5.41, 5.74) is 4.22. The Labute approximate surface area is 156 Å². The highest BCUT2D eigenvalue weighted by Gasteiger charge is 2.25. The van der Waals surface area contributed by atoms with E-state index in [1.165, 1.54) is 16.7 Å². The molecule has 0 N–H and O–H groups in total. The van der Waals surface area contributed by atoms with Crippen molar-refractivity contribution in [3.05, 3.63) is 44.8 Å². The van der Waals surface area contributed by atoms with E-state index in [1.54, 1.807) is 4.90 Å². The van der Waals surface area contributed by atoms with E-state index >= 15 is 0 Å². The summed E-state index contributed by atoms with van der Waals surface area (Å²) in [4.78, 5) is 14.0. The topological polar surface area (TPSA) is 47.4 Å². The van der Waals surface area contributed by atoms with Gasteiger partial charge in [0.25, 0.3) is 0 Å². The molecule has 0 radical (unpaired) electrons. The molecule has 5 nitrogen and oxygen atoms in total. The van der Waals surface area contributed by atoms with Gasteiger partial charge in [0.1, 0.15) is 9.30 Å². The smallest absolute Gasteiger partial charge is 0.410 e. The lowest BCUT2D eigenvalue weighted by Gasteiger charge is -2.31. The molecular weight excluding hydrogens is 417 g/mol. The lowest BCUT2D eigenvalue weighted by atomic mass is 9.99. The minimum atomic E-state index is -0.462. The van der Waals surface area contributed by atoms with Crippen molar-refractivity contribution in [3.63, 3.8) is 0 Å². The third-order valence-electron chi connectivity index (χ3n) is 3.96. The van der Waals surface area contributed by atoms with Crippen LogP contribution in [0.25, 0.3) is 5.69 Å². The van der Waals surface area contributed by atoms with Gasteiger partial charge in [0.2, 0.25) is 0 Å². The van der Waals surface area contributed by atoms with Crippen LogP contribution in [0.3, 0.4) is 0 Å². The number of carbonyl (C=O) groups excluding carboxylic acids is 1. The maximum Gasteiger partial charge on any atom is 0.410 e. The van der Waals surface area contributed by atoms with E-state index in [1.807, 2.05) is 31.6 Å². The van der Waals surface area contributed by atoms with Crippen molar-refractivity contribution in [3.8, 4) is 5.69 Å². The van der Waals surface area contributed by atoms with Gasteiger partial charge in [-0.2, -0.15) is 5.10 Å². The van der Waals surface area contributed by atoms with Crippen LogP contribution in [0.5, 0.6) is 0 Å². The number of fused-ring (bicyclic) bond motifs is 1. The lowest BCUT2D eigenvalue weighted by molar-refractivity contribution is 0.0224. The number of hydrogen-bond acceptors (Lipinski definition) is 3. The highest BCUT2D eigenvalue weighted by molar-refractivity contribution is 14.1. The van der Waals surface area contributed by atoms with Crippen LogP contribution in [0.1, 0.15) is 37.5 Å². The number of aromatic nitrogens is 2. The molecule has 0 bridgehead atoms. The van der Waals surface area contributed by atoms with Gasteiger partial charge in [-0.3, -0.25) is 0 Å². The van der Waals surface area contributed by atoms with Gasteiger partial charge < -0.3 is 9.64 Å². The van der Waals surface area contributed by atoms with Gasteiger partial charge in [-0.25, -0.2) is 9.48 Å². The SMILES string of the molecule is Cc1cn(-c2ccc3c(c2)CCN(C(=O)OC(C)(C)C)C3)nc1I. The highest BCUT2D eigenvalue weighted by Crippen LogP contribution is 2.24. The molecule has 0 spiro atoms. The summed E-state index contributed by atoms with van der Waals surface area (Å²) < 4.78 is 8.40. The summed E-state index contributed by atoms with van der Waals surface area (Å²) in [6.45, 7) is 9.01. The van der Waals surface area contributed by atoms with Gasteiger partial charge in [-0.05, 0) is 80.0 Å². The number of ether oxygens (including phenoxy) is 1. The third-order valence-corrected chi connectivity index (χ3v) is 5.02. The van der Waals surface area contributed by atoms with E-state index in [0.717, 1.165) is 15.8 Å². The molecule has 0 atom stereocenters. The van der Waals surface area contributed by atoms with Crippen LogP contribution < -0.4 is 0 Å². The molecule has 1 amide bonds. The zero-order valence-electron chi connectivity index (χ0n) is 14.5. The molecule has 0 unspecified atom stereocenters. The van der Waals surface area contributed by atoms with Crippen LogP contribution in [0.2, 0.25) is 0 Å². The summed E-state index contributed by atoms with van der Waals surface area (Å²) in [5.74, 6) is 0. The van der Waals surface area contributed by atoms with Gasteiger partial charge in [0.05, 0.1) is 5.69 Å². The van der Waals surface area contributed by atoms with Gasteiger partial charge in [0.15, 0.2) is 0 Å². The van der Waals surface area contributed by atoms with Crippen LogP contribution in [-0.2, 0) is 17.7 Å². The minimum absolute atomic E-state index is 0.241. The Kier molecular flexibility index (Phi) is 4.59. The first-order chi connectivity index (χ1) is 11.2. The van der Waals surface area contributed by atoms with Gasteiger partial charge in [-0.15, -0.1) is 0 Å². The van der Waals surface area contributed by atoms with E-state index in [2.05, 4.69) is 52.8 Å². The van der Waals surface area contributed by atoms with E-state index in [-0.39, 0.29) is 6.09 Å². The van der Waals surface area contributed by atoms with Crippen LogP contribution >= 0.6 is 22.6 Å². The monoisotopic (exact) mass is 439 g/mol. The molecule has 6 heteroatoms. The molecule has 128 valence electrons. The summed E-state index contributed by atoms with van der Waals surface area (Å²) in [6.07, 6.45) is 2.63. The predicted molar refractivity (Wildman–Crippen MR) is 101 cm³/mol. The Hall–Kier alpha value is -1.57. The third kappa shape index (κ3) is 3.74. The summed E-state index contributed by atoms with van der Waals surface area (Å²) in [7, 11) is 0. The molecule has 1 aromatic carbocycles. The van der Waals surface area contributed by atoms with Crippen molar-refractivity contribution in [2.75, 3.05) is 6.54 Å². The van der Waals surface area contributed by atoms with E-state index in [9.17, 15) is 4.79 Å². The number of hydrogen-bond donors (Lipinski definition) is 0. The maximum absolute atomic E-state index is 12.2. The molecule has 0 aliphatic carbocycles. The molecule has 1 aliphatic heterocycles. The van der Waals surface area contributed by atoms with E-state index < -0.39 is 5.60 Å². The second-order valence-electron chi connectivity index (χ2n) is 7.15. The Bertz CT molecular complexity index is 758. The van der Waals surface area contributed by atoms with Gasteiger partial charge >= 0.3 is 6.09 Å². The van der Waals surface area contributed by atoms with Crippen LogP contribution in [0, 0.1) is 10.6 Å². The molecular formula is C18H22IN3O2. The normalized spacial score (nSPS) is 14.5. The lowest BCUT2D eigenvalue weighted by Crippen LogP contribution is -2.39. The second-order valence-corrected chi connectivity index (χ2v) is 8.17. The van der Waals surface area contributed by atoms with Crippen molar-refractivity contribution in [2.24, 2.45) is 0 Å². The molecule has 2 heterocycles. The first-order valence-electron chi connectivity index (χ1n) is 8.05. The molecule has 0 saturated heterocycles. The van der Waals surface area contributed by atoms with E-state index in [0.29, 0.717) is 13.1 Å². The Balaban J connectivity index is 1.78. The highest BCUT2D eigenvalue weighted by atomic mass is 127. The second kappa shape index (κ2) is 6.38. The molecule has 0 saturated carbocycles. The fourth-order valence-electron chi connectivity index (χ4n) is 2.74. The van der Waals surface area contributed by atoms with Crippen molar-refractivity contribution in [1.82, 2.24) is 14.7 Å². The minimum Gasteiger partial charge on any atom is -0.444 e. The van der Waals surface area contributed by atoms with Crippen LogP contribution in [-0.4, -0.2) is 32.9 Å². The Morgan fingerprint density at radius 1 is 1.29 bits per heavy atom. The van der Waals surface area contributed by atoms with Crippen LogP contribution in [0.15, 0.2) is 24.4 Å². The maximum atomic E-state index is 12.2. The van der Waals surface area contributed by atoms with Gasteiger partial charge in [0, 0.05) is 24.8 Å².